The van der Waals surface area contributed by atoms with E-state index in [1.165, 1.54) is 4.90 Å². The number of hydrogen-bond acceptors (Lipinski definition) is 2. The molecule has 0 unspecified atom stereocenters. The van der Waals surface area contributed by atoms with Gasteiger partial charge in [-0.2, -0.15) is 13.2 Å². The molecule has 0 bridgehead atoms. The highest BCUT2D eigenvalue weighted by Gasteiger charge is 2.46. The largest absolute Gasteiger partial charge is 0.471 e. The molecule has 2 heterocycles. The van der Waals surface area contributed by atoms with Crippen molar-refractivity contribution in [1.29, 1.82) is 0 Å². The van der Waals surface area contributed by atoms with E-state index >= 15 is 0 Å². The van der Waals surface area contributed by atoms with E-state index in [-0.39, 0.29) is 13.1 Å². The van der Waals surface area contributed by atoms with Crippen molar-refractivity contribution in [3.8, 4) is 0 Å². The van der Waals surface area contributed by atoms with Crippen LogP contribution < -0.4 is 0 Å². The van der Waals surface area contributed by atoms with Gasteiger partial charge in [0.2, 0.25) is 0 Å². The molecule has 1 aromatic carbocycles. The molecule has 1 fully saturated rings. The minimum atomic E-state index is -4.89. The smallest absolute Gasteiger partial charge is 0.465 e. The number of carbonyl (C=O) groups excluding carboxylic acids is 1. The second-order valence-electron chi connectivity index (χ2n) is 6.45. The Kier molecular flexibility index (Phi) is 4.93. The maximum atomic E-state index is 12.9. The van der Waals surface area contributed by atoms with Gasteiger partial charge in [-0.3, -0.25) is 4.79 Å². The Morgan fingerprint density at radius 2 is 1.88 bits per heavy atom. The molecular weight excluding hydrogens is 349 g/mol. The molecule has 5 nitrogen and oxygen atoms in total. The molecule has 0 radical (unpaired) electrons. The Balaban J connectivity index is 1.90. The minimum absolute atomic E-state index is 0.0865. The average molecular weight is 368 g/mol. The van der Waals surface area contributed by atoms with E-state index in [1.54, 1.807) is 24.3 Å². The number of likely N-dealkylation sites (tertiary alicyclic amines) is 1. The lowest BCUT2D eigenvalue weighted by Crippen LogP contribution is -2.40. The topological polar surface area (TPSA) is 60.9 Å². The molecule has 1 atom stereocenters. The van der Waals surface area contributed by atoms with Gasteiger partial charge in [-0.25, -0.2) is 4.79 Å². The number of carboxylic acid groups (broad SMARTS) is 1. The zero-order chi connectivity index (χ0) is 18.9. The molecule has 3 rings (SSSR count). The Morgan fingerprint density at radius 3 is 2.50 bits per heavy atom. The van der Waals surface area contributed by atoms with Gasteiger partial charge in [0, 0.05) is 19.6 Å². The normalized spacial score (nSPS) is 20.9. The number of rotatable bonds is 2. The number of nitrogens with zero attached hydrogens (tertiary/aromatic N) is 2. The Morgan fingerprint density at radius 1 is 1.15 bits per heavy atom. The summed E-state index contributed by atoms with van der Waals surface area (Å²) in [6.07, 6.45) is -2.60. The van der Waals surface area contributed by atoms with Gasteiger partial charge < -0.3 is 14.9 Å². The Hall–Kier alpha value is -2.51. The third-order valence-corrected chi connectivity index (χ3v) is 4.90. The second-order valence-corrected chi connectivity index (χ2v) is 6.45. The number of benzene rings is 1. The van der Waals surface area contributed by atoms with Crippen LogP contribution in [0, 0.1) is 0 Å². The summed E-state index contributed by atoms with van der Waals surface area (Å²) in [5.41, 5.74) is 2.39. The summed E-state index contributed by atoms with van der Waals surface area (Å²) in [5.74, 6) is -1.80. The second kappa shape index (κ2) is 7.01. The number of halogens is 3. The number of carbonyl (C=O) groups is 2. The van der Waals surface area contributed by atoms with Crippen molar-refractivity contribution in [3.63, 3.8) is 0 Å². The maximum absolute atomic E-state index is 12.9. The molecule has 2 aliphatic rings. The van der Waals surface area contributed by atoms with Crippen LogP contribution in [0.15, 0.2) is 30.3 Å². The molecule has 1 N–H and O–H groups in total. The van der Waals surface area contributed by atoms with Crippen molar-refractivity contribution in [2.45, 2.75) is 31.5 Å². The maximum Gasteiger partial charge on any atom is 0.471 e. The quantitative estimate of drug-likeness (QED) is 0.866. The summed E-state index contributed by atoms with van der Waals surface area (Å²) in [5, 5.41) is 9.04. The van der Waals surface area contributed by atoms with Crippen molar-refractivity contribution in [3.05, 3.63) is 41.5 Å². The fraction of sp³-hybridized carbons (Fsp3) is 0.444. The van der Waals surface area contributed by atoms with Gasteiger partial charge >= 0.3 is 18.2 Å². The highest BCUT2D eigenvalue weighted by atomic mass is 19.4. The predicted octanol–water partition coefficient (Wildman–Crippen LogP) is 3.68. The molecule has 0 aromatic heterocycles. The van der Waals surface area contributed by atoms with E-state index in [1.807, 2.05) is 6.07 Å². The zero-order valence-electron chi connectivity index (χ0n) is 14.0. The molecule has 0 aliphatic carbocycles. The Labute approximate surface area is 148 Å². The predicted molar refractivity (Wildman–Crippen MR) is 88.4 cm³/mol. The lowest BCUT2D eigenvalue weighted by molar-refractivity contribution is -0.186. The van der Waals surface area contributed by atoms with Crippen LogP contribution in [0.3, 0.4) is 0 Å². The molecule has 2 aliphatic heterocycles. The molecule has 140 valence electrons. The van der Waals surface area contributed by atoms with Crippen molar-refractivity contribution in [2.24, 2.45) is 0 Å². The van der Waals surface area contributed by atoms with Crippen LogP contribution in [0.5, 0.6) is 0 Å². The first-order chi connectivity index (χ1) is 12.3. The van der Waals surface area contributed by atoms with Crippen LogP contribution in [-0.4, -0.2) is 52.7 Å². The third kappa shape index (κ3) is 3.54. The van der Waals surface area contributed by atoms with Crippen LogP contribution >= 0.6 is 0 Å². The third-order valence-electron chi connectivity index (χ3n) is 4.90. The minimum Gasteiger partial charge on any atom is -0.465 e. The van der Waals surface area contributed by atoms with Crippen LogP contribution in [0.1, 0.15) is 36.4 Å². The van der Waals surface area contributed by atoms with Crippen LogP contribution in [0.4, 0.5) is 18.0 Å². The van der Waals surface area contributed by atoms with Gasteiger partial charge in [0.15, 0.2) is 0 Å². The van der Waals surface area contributed by atoms with Gasteiger partial charge in [0.25, 0.3) is 0 Å². The van der Waals surface area contributed by atoms with E-state index in [0.29, 0.717) is 31.4 Å². The summed E-state index contributed by atoms with van der Waals surface area (Å²) < 4.78 is 38.7. The van der Waals surface area contributed by atoms with Crippen molar-refractivity contribution < 1.29 is 27.9 Å². The molecule has 1 aromatic rings. The zero-order valence-corrected chi connectivity index (χ0v) is 14.0. The summed E-state index contributed by atoms with van der Waals surface area (Å²) in [6.45, 7) is 0.670. The monoisotopic (exact) mass is 368 g/mol. The SMILES string of the molecule is O=C(O)N1CC=C(c2ccccc2[C@H]2CCCN2C(=O)C(F)(F)F)CC1. The van der Waals surface area contributed by atoms with Crippen molar-refractivity contribution in [2.75, 3.05) is 19.6 Å². The van der Waals surface area contributed by atoms with E-state index < -0.39 is 24.2 Å². The first-order valence-electron chi connectivity index (χ1n) is 8.43. The summed E-state index contributed by atoms with van der Waals surface area (Å²) in [6, 6.07) is 6.52. The molecule has 8 heteroatoms. The van der Waals surface area contributed by atoms with E-state index in [0.717, 1.165) is 16.0 Å². The first-order valence-corrected chi connectivity index (χ1v) is 8.43. The van der Waals surface area contributed by atoms with E-state index in [2.05, 4.69) is 0 Å². The van der Waals surface area contributed by atoms with Gasteiger partial charge in [-0.15, -0.1) is 0 Å². The highest BCUT2D eigenvalue weighted by Crippen LogP contribution is 2.39. The van der Waals surface area contributed by atoms with Crippen molar-refractivity contribution in [1.82, 2.24) is 9.80 Å². The molecule has 1 saturated heterocycles. The van der Waals surface area contributed by atoms with Gasteiger partial charge in [0.1, 0.15) is 0 Å². The van der Waals surface area contributed by atoms with Crippen LogP contribution in [0.25, 0.3) is 5.57 Å². The number of hydrogen-bond donors (Lipinski definition) is 1. The van der Waals surface area contributed by atoms with Crippen LogP contribution in [0.2, 0.25) is 0 Å². The van der Waals surface area contributed by atoms with Crippen molar-refractivity contribution >= 4 is 17.6 Å². The lowest BCUT2D eigenvalue weighted by Gasteiger charge is -2.29. The van der Waals surface area contributed by atoms with Gasteiger partial charge in [-0.1, -0.05) is 30.3 Å². The molecule has 0 saturated carbocycles. The fourth-order valence-corrected chi connectivity index (χ4v) is 3.66. The Bertz CT molecular complexity index is 745. The summed E-state index contributed by atoms with van der Waals surface area (Å²) in [7, 11) is 0. The molecule has 2 amide bonds. The van der Waals surface area contributed by atoms with E-state index in [4.69, 9.17) is 5.11 Å². The average Bonchev–Trinajstić information content (AvgIpc) is 3.09. The molecule has 0 spiro atoms. The van der Waals surface area contributed by atoms with E-state index in [9.17, 15) is 22.8 Å². The fourth-order valence-electron chi connectivity index (χ4n) is 3.66. The molecule has 26 heavy (non-hydrogen) atoms. The number of alkyl halides is 3. The standard InChI is InChI=1S/C18H19F3N2O3/c19-18(20,21)16(24)23-9-3-6-15(23)14-5-2-1-4-13(14)12-7-10-22(11-8-12)17(25)26/h1-2,4-5,7,15H,3,6,8-11H2,(H,25,26)/t15-/m1/s1. The number of amides is 2. The first kappa shape index (κ1) is 18.3. The summed E-state index contributed by atoms with van der Waals surface area (Å²) in [4.78, 5) is 25.0. The van der Waals surface area contributed by atoms with Gasteiger partial charge in [0.05, 0.1) is 6.04 Å². The summed E-state index contributed by atoms with van der Waals surface area (Å²) >= 11 is 0. The van der Waals surface area contributed by atoms with Gasteiger partial charge in [-0.05, 0) is 36.0 Å². The lowest BCUT2D eigenvalue weighted by atomic mass is 9.90. The highest BCUT2D eigenvalue weighted by molar-refractivity contribution is 5.83. The van der Waals surface area contributed by atoms with Crippen LogP contribution in [-0.2, 0) is 4.79 Å². The molecular formula is C18H19F3N2O3.